The first-order chi connectivity index (χ1) is 16.3. The van der Waals surface area contributed by atoms with Crippen LogP contribution in [0.4, 0.5) is 0 Å². The van der Waals surface area contributed by atoms with Gasteiger partial charge in [-0.2, -0.15) is 0 Å². The topological polar surface area (TPSA) is 103 Å². The zero-order chi connectivity index (χ0) is 26.7. The average Bonchev–Trinajstić information content (AvgIpc) is 3.39. The largest absolute Gasteiger partial charge is 0.390 e. The van der Waals surface area contributed by atoms with Gasteiger partial charge >= 0.3 is 0 Å². The molecule has 5 fully saturated rings. The van der Waals surface area contributed by atoms with Crippen molar-refractivity contribution in [1.82, 2.24) is 0 Å². The zero-order valence-electron chi connectivity index (χ0n) is 23.9. The second kappa shape index (κ2) is 7.91. The average molecular weight is 509 g/mol. The molecule has 0 bridgehead atoms. The second-order valence-electron chi connectivity index (χ2n) is 15.5. The van der Waals surface area contributed by atoms with Crippen molar-refractivity contribution in [2.75, 3.05) is 0 Å². The molecule has 208 valence electrons. The van der Waals surface area contributed by atoms with E-state index in [1.807, 2.05) is 27.7 Å². The highest BCUT2D eigenvalue weighted by atomic mass is 16.6. The molecule has 6 heteroatoms. The first kappa shape index (κ1) is 27.3. The van der Waals surface area contributed by atoms with E-state index >= 15 is 0 Å². The molecule has 6 nitrogen and oxygen atoms in total. The zero-order valence-corrected chi connectivity index (χ0v) is 23.9. The second-order valence-corrected chi connectivity index (χ2v) is 15.5. The fourth-order valence-corrected chi connectivity index (χ4v) is 9.79. The molecule has 0 aromatic rings. The molecule has 36 heavy (non-hydrogen) atoms. The Morgan fingerprint density at radius 1 is 0.778 bits per heavy atom. The van der Waals surface area contributed by atoms with Crippen molar-refractivity contribution in [2.45, 2.75) is 159 Å². The minimum absolute atomic E-state index is 0.00805. The maximum Gasteiger partial charge on any atom is 0.121 e. The Balaban J connectivity index is 1.47. The first-order valence-corrected chi connectivity index (χ1v) is 14.5. The molecule has 4 N–H and O–H groups in total. The van der Waals surface area contributed by atoms with E-state index in [1.165, 1.54) is 0 Å². The minimum atomic E-state index is -0.837. The number of hydrogen-bond donors (Lipinski definition) is 4. The summed E-state index contributed by atoms with van der Waals surface area (Å²) in [5.74, 6) is 0.113. The molecule has 2 heterocycles. The summed E-state index contributed by atoms with van der Waals surface area (Å²) in [6, 6.07) is 0. The fourth-order valence-electron chi connectivity index (χ4n) is 9.79. The summed E-state index contributed by atoms with van der Waals surface area (Å²) < 4.78 is 13.2. The van der Waals surface area contributed by atoms with Crippen molar-refractivity contribution in [3.63, 3.8) is 0 Å². The molecule has 0 unspecified atom stereocenters. The summed E-state index contributed by atoms with van der Waals surface area (Å²) in [6.45, 7) is 16.8. The van der Waals surface area contributed by atoms with Gasteiger partial charge in [-0.25, -0.2) is 0 Å². The molecule has 0 spiro atoms. The summed E-state index contributed by atoms with van der Waals surface area (Å²) in [6.07, 6.45) is 5.53. The van der Waals surface area contributed by atoms with E-state index in [0.717, 1.165) is 38.5 Å². The van der Waals surface area contributed by atoms with E-state index in [9.17, 15) is 20.4 Å². The summed E-state index contributed by atoms with van der Waals surface area (Å²) in [4.78, 5) is 0. The van der Waals surface area contributed by atoms with E-state index in [-0.39, 0.29) is 34.7 Å². The Hall–Kier alpha value is -0.240. The number of aliphatic hydroxyl groups is 4. The van der Waals surface area contributed by atoms with Crippen LogP contribution >= 0.6 is 0 Å². The van der Waals surface area contributed by atoms with E-state index in [0.29, 0.717) is 19.3 Å². The van der Waals surface area contributed by atoms with Crippen LogP contribution in [0.3, 0.4) is 0 Å². The third kappa shape index (κ3) is 3.71. The molecule has 5 aliphatic rings. The third-order valence-corrected chi connectivity index (χ3v) is 12.3. The lowest BCUT2D eigenvalue weighted by atomic mass is 9.47. The highest BCUT2D eigenvalue weighted by Crippen LogP contribution is 2.71. The maximum atomic E-state index is 11.7. The minimum Gasteiger partial charge on any atom is -0.390 e. The molecule has 11 atom stereocenters. The van der Waals surface area contributed by atoms with Gasteiger partial charge < -0.3 is 29.9 Å². The van der Waals surface area contributed by atoms with E-state index in [4.69, 9.17) is 9.47 Å². The molecule has 3 saturated carbocycles. The van der Waals surface area contributed by atoms with Crippen molar-refractivity contribution in [1.29, 1.82) is 0 Å². The van der Waals surface area contributed by atoms with E-state index < -0.39 is 40.2 Å². The third-order valence-electron chi connectivity index (χ3n) is 12.3. The van der Waals surface area contributed by atoms with Gasteiger partial charge in [0, 0.05) is 5.92 Å². The summed E-state index contributed by atoms with van der Waals surface area (Å²) in [5, 5.41) is 45.2. The van der Waals surface area contributed by atoms with Crippen LogP contribution in [-0.4, -0.2) is 66.7 Å². The van der Waals surface area contributed by atoms with Gasteiger partial charge in [0.2, 0.25) is 0 Å². The normalized spacial score (nSPS) is 57.7. The molecule has 0 aromatic carbocycles. The van der Waals surface area contributed by atoms with Crippen LogP contribution in [0, 0.1) is 28.6 Å². The predicted molar refractivity (Wildman–Crippen MR) is 138 cm³/mol. The maximum absolute atomic E-state index is 11.7. The predicted octanol–water partition coefficient (Wildman–Crippen LogP) is 4.35. The monoisotopic (exact) mass is 508 g/mol. The van der Waals surface area contributed by atoms with Crippen molar-refractivity contribution in [2.24, 2.45) is 28.6 Å². The molecular weight excluding hydrogens is 456 g/mol. The standard InChI is InChI=1S/C30H52O6/c1-24(2)15-16-27(6,33)18-17-21(32)29(8)30(36-29,23(18)24)14-9-19-26(5)12-10-20(31)25(3,4)35-22(26)11-13-28(19,7)34/h18-23,31-34H,9-17H2,1-8H3/t18-,19-,20-,21-,22-,23+,26-,27-,28-,29-,30+/m0/s1. The SMILES string of the molecule is CC1(C)CC[C@](C)(O)[C@H]2C[C@H](O)[C@]3(C)O[C@]3(CC[C@H]3[C@]4(C)CC[C@H](O)C(C)(C)O[C@H]4CC[C@]3(C)O)[C@H]21. The van der Waals surface area contributed by atoms with Crippen LogP contribution in [0.25, 0.3) is 0 Å². The van der Waals surface area contributed by atoms with Gasteiger partial charge in [0.25, 0.3) is 0 Å². The summed E-state index contributed by atoms with van der Waals surface area (Å²) in [7, 11) is 0. The first-order valence-electron chi connectivity index (χ1n) is 14.5. The Kier molecular flexibility index (Phi) is 6.01. The lowest BCUT2D eigenvalue weighted by Gasteiger charge is -2.58. The van der Waals surface area contributed by atoms with Gasteiger partial charge in [0.15, 0.2) is 0 Å². The van der Waals surface area contributed by atoms with Crippen LogP contribution in [0.2, 0.25) is 0 Å². The quantitative estimate of drug-likeness (QED) is 0.423. The van der Waals surface area contributed by atoms with E-state index in [1.54, 1.807) is 0 Å². The lowest BCUT2D eigenvalue weighted by molar-refractivity contribution is -0.208. The van der Waals surface area contributed by atoms with Gasteiger partial charge in [-0.3, -0.25) is 0 Å². The smallest absolute Gasteiger partial charge is 0.121 e. The summed E-state index contributed by atoms with van der Waals surface area (Å²) >= 11 is 0. The molecule has 5 rings (SSSR count). The van der Waals surface area contributed by atoms with Gasteiger partial charge in [0.1, 0.15) is 11.2 Å². The number of ether oxygens (including phenoxy) is 2. The number of hydrogen-bond acceptors (Lipinski definition) is 6. The molecular formula is C30H52O6. The number of epoxide rings is 1. The van der Waals surface area contributed by atoms with Crippen molar-refractivity contribution in [3.05, 3.63) is 0 Å². The molecule has 2 saturated heterocycles. The molecule has 0 amide bonds. The Bertz CT molecular complexity index is 881. The molecule has 0 radical (unpaired) electrons. The van der Waals surface area contributed by atoms with Crippen molar-refractivity contribution < 1.29 is 29.9 Å². The number of fused-ring (bicyclic) bond motifs is 4. The van der Waals surface area contributed by atoms with Crippen molar-refractivity contribution >= 4 is 0 Å². The van der Waals surface area contributed by atoms with Gasteiger partial charge in [-0.15, -0.1) is 0 Å². The van der Waals surface area contributed by atoms with E-state index in [2.05, 4.69) is 27.7 Å². The van der Waals surface area contributed by atoms with Gasteiger partial charge in [-0.05, 0) is 115 Å². The number of rotatable bonds is 3. The van der Waals surface area contributed by atoms with Crippen LogP contribution in [0.5, 0.6) is 0 Å². The Labute approximate surface area is 218 Å². The fraction of sp³-hybridized carbons (Fsp3) is 1.00. The van der Waals surface area contributed by atoms with Crippen molar-refractivity contribution in [3.8, 4) is 0 Å². The summed E-state index contributed by atoms with van der Waals surface area (Å²) in [5.41, 5.74) is -3.65. The molecule has 2 aliphatic heterocycles. The molecule has 3 aliphatic carbocycles. The van der Waals surface area contributed by atoms with Gasteiger partial charge in [-0.1, -0.05) is 20.8 Å². The number of aliphatic hydroxyl groups excluding tert-OH is 2. The van der Waals surface area contributed by atoms with Crippen LogP contribution in [-0.2, 0) is 9.47 Å². The highest BCUT2D eigenvalue weighted by molar-refractivity contribution is 5.28. The van der Waals surface area contributed by atoms with Crippen LogP contribution < -0.4 is 0 Å². The van der Waals surface area contributed by atoms with Crippen LogP contribution in [0.1, 0.15) is 113 Å². The van der Waals surface area contributed by atoms with Crippen LogP contribution in [0.15, 0.2) is 0 Å². The molecule has 0 aromatic heterocycles. The van der Waals surface area contributed by atoms with Gasteiger partial charge in [0.05, 0.1) is 35.1 Å². The highest BCUT2D eigenvalue weighted by Gasteiger charge is 2.80. The Morgan fingerprint density at radius 2 is 1.44 bits per heavy atom. The Morgan fingerprint density at radius 3 is 2.11 bits per heavy atom. The lowest BCUT2D eigenvalue weighted by Crippen LogP contribution is -2.62.